The highest BCUT2D eigenvalue weighted by atomic mass is 16.5. The van der Waals surface area contributed by atoms with E-state index in [0.717, 1.165) is 30.2 Å². The van der Waals surface area contributed by atoms with Crippen LogP contribution in [0.4, 0.5) is 0 Å². The molecule has 0 radical (unpaired) electrons. The van der Waals surface area contributed by atoms with Crippen molar-refractivity contribution in [3.05, 3.63) is 17.7 Å². The van der Waals surface area contributed by atoms with Crippen molar-refractivity contribution in [2.75, 3.05) is 34.4 Å². The lowest BCUT2D eigenvalue weighted by Gasteiger charge is -2.35. The second kappa shape index (κ2) is 7.52. The number of hydrogen-bond acceptors (Lipinski definition) is 5. The molecule has 0 saturated carbocycles. The SMILES string of the molecule is COc1cc(OC)c(OC)cc1CN1CCCCC1CN. The predicted molar refractivity (Wildman–Crippen MR) is 83.2 cm³/mol. The standard InChI is InChI=1S/C16H26N2O3/c1-19-14-9-16(21-3)15(20-2)8-12(14)11-18-7-5-4-6-13(18)10-17/h8-9,13H,4-7,10-11,17H2,1-3H3. The van der Waals surface area contributed by atoms with Gasteiger partial charge in [0.15, 0.2) is 11.5 Å². The third-order valence-electron chi connectivity index (χ3n) is 4.18. The van der Waals surface area contributed by atoms with E-state index in [1.54, 1.807) is 21.3 Å². The molecule has 0 aliphatic carbocycles. The Balaban J connectivity index is 2.25. The number of ether oxygens (including phenoxy) is 3. The van der Waals surface area contributed by atoms with Crippen molar-refractivity contribution in [1.82, 2.24) is 4.90 Å². The summed E-state index contributed by atoms with van der Waals surface area (Å²) >= 11 is 0. The van der Waals surface area contributed by atoms with E-state index in [-0.39, 0.29) is 0 Å². The van der Waals surface area contributed by atoms with Gasteiger partial charge in [-0.3, -0.25) is 4.90 Å². The first-order valence-electron chi connectivity index (χ1n) is 7.46. The molecule has 118 valence electrons. The van der Waals surface area contributed by atoms with Gasteiger partial charge in [0.2, 0.25) is 0 Å². The van der Waals surface area contributed by atoms with Gasteiger partial charge in [0, 0.05) is 30.8 Å². The highest BCUT2D eigenvalue weighted by molar-refractivity contribution is 5.50. The second-order valence-corrected chi connectivity index (χ2v) is 5.37. The number of benzene rings is 1. The topological polar surface area (TPSA) is 57.0 Å². The Labute approximate surface area is 127 Å². The molecule has 1 aromatic rings. The molecule has 0 spiro atoms. The smallest absolute Gasteiger partial charge is 0.164 e. The lowest BCUT2D eigenvalue weighted by molar-refractivity contribution is 0.143. The molecular weight excluding hydrogens is 268 g/mol. The number of nitrogens with zero attached hydrogens (tertiary/aromatic N) is 1. The van der Waals surface area contributed by atoms with E-state index in [0.29, 0.717) is 18.3 Å². The van der Waals surface area contributed by atoms with Crippen LogP contribution in [0.15, 0.2) is 12.1 Å². The average Bonchev–Trinajstić information content (AvgIpc) is 2.54. The molecule has 0 amide bonds. The summed E-state index contributed by atoms with van der Waals surface area (Å²) in [6.45, 7) is 2.61. The fraction of sp³-hybridized carbons (Fsp3) is 0.625. The van der Waals surface area contributed by atoms with E-state index in [9.17, 15) is 0 Å². The van der Waals surface area contributed by atoms with Crippen molar-refractivity contribution < 1.29 is 14.2 Å². The summed E-state index contributed by atoms with van der Waals surface area (Å²) in [5, 5.41) is 0. The zero-order chi connectivity index (χ0) is 15.2. The van der Waals surface area contributed by atoms with Crippen molar-refractivity contribution >= 4 is 0 Å². The summed E-state index contributed by atoms with van der Waals surface area (Å²) in [6.07, 6.45) is 3.67. The highest BCUT2D eigenvalue weighted by Crippen LogP contribution is 2.35. The fourth-order valence-electron chi connectivity index (χ4n) is 2.97. The number of rotatable bonds is 6. The van der Waals surface area contributed by atoms with Crippen molar-refractivity contribution in [2.45, 2.75) is 31.8 Å². The molecule has 1 aliphatic heterocycles. The molecule has 1 heterocycles. The second-order valence-electron chi connectivity index (χ2n) is 5.37. The number of hydrogen-bond donors (Lipinski definition) is 1. The number of piperidine rings is 1. The molecule has 1 aromatic carbocycles. The lowest BCUT2D eigenvalue weighted by atomic mass is 10.0. The summed E-state index contributed by atoms with van der Waals surface area (Å²) < 4.78 is 16.2. The minimum atomic E-state index is 0.455. The normalized spacial score (nSPS) is 19.3. The molecule has 1 atom stereocenters. The van der Waals surface area contributed by atoms with Gasteiger partial charge >= 0.3 is 0 Å². The van der Waals surface area contributed by atoms with Gasteiger partial charge < -0.3 is 19.9 Å². The van der Waals surface area contributed by atoms with Gasteiger partial charge in [-0.15, -0.1) is 0 Å². The molecule has 0 aromatic heterocycles. The van der Waals surface area contributed by atoms with Crippen LogP contribution in [-0.4, -0.2) is 45.4 Å². The van der Waals surface area contributed by atoms with Crippen LogP contribution in [0.1, 0.15) is 24.8 Å². The quantitative estimate of drug-likeness (QED) is 0.870. The van der Waals surface area contributed by atoms with Crippen molar-refractivity contribution in [2.24, 2.45) is 5.73 Å². The Bertz CT molecular complexity index is 465. The van der Waals surface area contributed by atoms with E-state index >= 15 is 0 Å². The van der Waals surface area contributed by atoms with Crippen LogP contribution < -0.4 is 19.9 Å². The minimum absolute atomic E-state index is 0.455. The Morgan fingerprint density at radius 1 is 1.05 bits per heavy atom. The molecule has 2 N–H and O–H groups in total. The summed E-state index contributed by atoms with van der Waals surface area (Å²) in [4.78, 5) is 2.44. The molecule has 2 rings (SSSR count). The van der Waals surface area contributed by atoms with Crippen molar-refractivity contribution in [3.8, 4) is 17.2 Å². The van der Waals surface area contributed by atoms with Gasteiger partial charge in [0.25, 0.3) is 0 Å². The van der Waals surface area contributed by atoms with Crippen molar-refractivity contribution in [1.29, 1.82) is 0 Å². The van der Waals surface area contributed by atoms with Gasteiger partial charge in [-0.25, -0.2) is 0 Å². The maximum Gasteiger partial charge on any atom is 0.164 e. The number of likely N-dealkylation sites (tertiary alicyclic amines) is 1. The van der Waals surface area contributed by atoms with Crippen LogP contribution in [0.3, 0.4) is 0 Å². The zero-order valence-corrected chi connectivity index (χ0v) is 13.2. The van der Waals surface area contributed by atoms with E-state index in [1.807, 2.05) is 12.1 Å². The Kier molecular flexibility index (Phi) is 5.70. The first-order chi connectivity index (χ1) is 10.2. The van der Waals surface area contributed by atoms with Crippen molar-refractivity contribution in [3.63, 3.8) is 0 Å². The lowest BCUT2D eigenvalue weighted by Crippen LogP contribution is -2.43. The Hall–Kier alpha value is -1.46. The van der Waals surface area contributed by atoms with Gasteiger partial charge in [0.05, 0.1) is 21.3 Å². The third-order valence-corrected chi connectivity index (χ3v) is 4.18. The van der Waals surface area contributed by atoms with Crippen LogP contribution in [0, 0.1) is 0 Å². The number of nitrogens with two attached hydrogens (primary N) is 1. The average molecular weight is 294 g/mol. The maximum atomic E-state index is 5.90. The Morgan fingerprint density at radius 2 is 1.71 bits per heavy atom. The first kappa shape index (κ1) is 15.9. The summed E-state index contributed by atoms with van der Waals surface area (Å²) in [5.74, 6) is 2.25. The van der Waals surface area contributed by atoms with Gasteiger partial charge in [-0.2, -0.15) is 0 Å². The monoisotopic (exact) mass is 294 g/mol. The van der Waals surface area contributed by atoms with E-state index in [2.05, 4.69) is 4.90 Å². The zero-order valence-electron chi connectivity index (χ0n) is 13.2. The molecule has 21 heavy (non-hydrogen) atoms. The molecule has 1 fully saturated rings. The van der Waals surface area contributed by atoms with Crippen LogP contribution in [0.25, 0.3) is 0 Å². The van der Waals surface area contributed by atoms with Crippen LogP contribution in [0.5, 0.6) is 17.2 Å². The van der Waals surface area contributed by atoms with Crippen LogP contribution in [0.2, 0.25) is 0 Å². The number of methoxy groups -OCH3 is 3. The Morgan fingerprint density at radius 3 is 2.33 bits per heavy atom. The molecule has 5 heteroatoms. The molecular formula is C16H26N2O3. The molecule has 1 unspecified atom stereocenters. The largest absolute Gasteiger partial charge is 0.496 e. The predicted octanol–water partition coefficient (Wildman–Crippen LogP) is 2.03. The highest BCUT2D eigenvalue weighted by Gasteiger charge is 2.23. The van der Waals surface area contributed by atoms with Gasteiger partial charge in [-0.1, -0.05) is 6.42 Å². The summed E-state index contributed by atoms with van der Waals surface area (Å²) in [7, 11) is 4.96. The molecule has 5 nitrogen and oxygen atoms in total. The third kappa shape index (κ3) is 3.60. The summed E-state index contributed by atoms with van der Waals surface area (Å²) in [6, 6.07) is 4.34. The molecule has 1 saturated heterocycles. The molecule has 1 aliphatic rings. The minimum Gasteiger partial charge on any atom is -0.496 e. The van der Waals surface area contributed by atoms with Crippen LogP contribution >= 0.6 is 0 Å². The van der Waals surface area contributed by atoms with E-state index in [4.69, 9.17) is 19.9 Å². The van der Waals surface area contributed by atoms with E-state index < -0.39 is 0 Å². The van der Waals surface area contributed by atoms with Crippen LogP contribution in [-0.2, 0) is 6.54 Å². The first-order valence-corrected chi connectivity index (χ1v) is 7.46. The fourth-order valence-corrected chi connectivity index (χ4v) is 2.97. The maximum absolute atomic E-state index is 5.90. The van der Waals surface area contributed by atoms with Gasteiger partial charge in [0.1, 0.15) is 5.75 Å². The van der Waals surface area contributed by atoms with E-state index in [1.165, 1.54) is 19.3 Å². The van der Waals surface area contributed by atoms with Gasteiger partial charge in [-0.05, 0) is 25.5 Å². The molecule has 0 bridgehead atoms. The summed E-state index contributed by atoms with van der Waals surface area (Å²) in [5.41, 5.74) is 7.01.